The lowest BCUT2D eigenvalue weighted by atomic mass is 10.1. The molecule has 6 nitrogen and oxygen atoms in total. The van der Waals surface area contributed by atoms with Crippen LogP contribution in [0.25, 0.3) is 0 Å². The van der Waals surface area contributed by atoms with E-state index < -0.39 is 11.8 Å². The predicted molar refractivity (Wildman–Crippen MR) is 115 cm³/mol. The molecular weight excluding hydrogens is 366 g/mol. The van der Waals surface area contributed by atoms with Crippen LogP contribution in [0.4, 0.5) is 11.4 Å². The van der Waals surface area contributed by atoms with Gasteiger partial charge in [-0.1, -0.05) is 18.2 Å². The summed E-state index contributed by atoms with van der Waals surface area (Å²) in [4.78, 5) is 26.3. The molecule has 0 atom stereocenters. The Morgan fingerprint density at radius 2 is 1.69 bits per heavy atom. The molecule has 0 saturated carbocycles. The summed E-state index contributed by atoms with van der Waals surface area (Å²) in [7, 11) is 0. The zero-order valence-corrected chi connectivity index (χ0v) is 17.2. The van der Waals surface area contributed by atoms with Gasteiger partial charge in [0.25, 0.3) is 0 Å². The molecule has 1 heterocycles. The number of ether oxygens (including phenoxy) is 1. The molecule has 0 spiro atoms. The lowest BCUT2D eigenvalue weighted by molar-refractivity contribution is -0.136. The molecule has 1 saturated heterocycles. The standard InChI is InChI=1S/C23H29N3O3/c1-17-5-8-20(16-18(17)2)25-23(28)22(27)24-11-3-4-19-6-9-21(10-7-19)26-12-14-29-15-13-26/h5-10,16H,3-4,11-15H2,1-2H3,(H,24,27)(H,25,28). The van der Waals surface area contributed by atoms with E-state index in [-0.39, 0.29) is 0 Å². The van der Waals surface area contributed by atoms with Crippen molar-refractivity contribution in [2.24, 2.45) is 0 Å². The summed E-state index contributed by atoms with van der Waals surface area (Å²) in [6.45, 7) is 7.84. The molecule has 2 aromatic carbocycles. The van der Waals surface area contributed by atoms with E-state index >= 15 is 0 Å². The third kappa shape index (κ3) is 6.06. The highest BCUT2D eigenvalue weighted by molar-refractivity contribution is 6.39. The molecule has 0 bridgehead atoms. The van der Waals surface area contributed by atoms with E-state index in [1.54, 1.807) is 6.07 Å². The van der Waals surface area contributed by atoms with Crippen molar-refractivity contribution < 1.29 is 14.3 Å². The molecule has 0 aromatic heterocycles. The first-order valence-electron chi connectivity index (χ1n) is 10.1. The van der Waals surface area contributed by atoms with E-state index in [9.17, 15) is 9.59 Å². The van der Waals surface area contributed by atoms with Crippen molar-refractivity contribution in [2.75, 3.05) is 43.1 Å². The topological polar surface area (TPSA) is 70.7 Å². The van der Waals surface area contributed by atoms with Crippen LogP contribution in [0, 0.1) is 13.8 Å². The Bertz CT molecular complexity index is 843. The first-order valence-corrected chi connectivity index (χ1v) is 10.1. The number of rotatable bonds is 6. The minimum absolute atomic E-state index is 0.463. The maximum Gasteiger partial charge on any atom is 0.313 e. The quantitative estimate of drug-likeness (QED) is 0.583. The van der Waals surface area contributed by atoms with Crippen molar-refractivity contribution in [2.45, 2.75) is 26.7 Å². The zero-order chi connectivity index (χ0) is 20.6. The Labute approximate surface area is 172 Å². The average Bonchev–Trinajstić information content (AvgIpc) is 2.74. The Hall–Kier alpha value is -2.86. The Balaban J connectivity index is 1.38. The third-order valence-electron chi connectivity index (χ3n) is 5.21. The lowest BCUT2D eigenvalue weighted by Crippen LogP contribution is -2.36. The highest BCUT2D eigenvalue weighted by atomic mass is 16.5. The molecule has 2 aromatic rings. The maximum absolute atomic E-state index is 12.0. The van der Waals surface area contributed by atoms with Crippen LogP contribution in [0.3, 0.4) is 0 Å². The van der Waals surface area contributed by atoms with Gasteiger partial charge in [-0.25, -0.2) is 0 Å². The SMILES string of the molecule is Cc1ccc(NC(=O)C(=O)NCCCc2ccc(N3CCOCC3)cc2)cc1C. The number of nitrogens with one attached hydrogen (secondary N) is 2. The first-order chi connectivity index (χ1) is 14.0. The van der Waals surface area contributed by atoms with Crippen molar-refractivity contribution in [1.82, 2.24) is 5.32 Å². The van der Waals surface area contributed by atoms with Gasteiger partial charge in [-0.3, -0.25) is 9.59 Å². The van der Waals surface area contributed by atoms with Gasteiger partial charge in [-0.15, -0.1) is 0 Å². The maximum atomic E-state index is 12.0. The summed E-state index contributed by atoms with van der Waals surface area (Å²) in [5.74, 6) is -1.24. The summed E-state index contributed by atoms with van der Waals surface area (Å²) >= 11 is 0. The van der Waals surface area contributed by atoms with Gasteiger partial charge in [0.2, 0.25) is 0 Å². The van der Waals surface area contributed by atoms with E-state index in [0.717, 1.165) is 50.3 Å². The Kier molecular flexibility index (Phi) is 7.25. The number of benzene rings is 2. The summed E-state index contributed by atoms with van der Waals surface area (Å²) in [5, 5.41) is 5.33. The molecule has 3 rings (SSSR count). The molecule has 0 radical (unpaired) electrons. The highest BCUT2D eigenvalue weighted by Crippen LogP contribution is 2.17. The van der Waals surface area contributed by atoms with Crippen LogP contribution in [0.2, 0.25) is 0 Å². The highest BCUT2D eigenvalue weighted by Gasteiger charge is 2.13. The van der Waals surface area contributed by atoms with Crippen molar-refractivity contribution in [3.05, 3.63) is 59.2 Å². The molecule has 1 fully saturated rings. The number of aryl methyl sites for hydroxylation is 3. The number of carbonyl (C=O) groups excluding carboxylic acids is 2. The fourth-order valence-electron chi connectivity index (χ4n) is 3.28. The Morgan fingerprint density at radius 1 is 0.966 bits per heavy atom. The molecule has 1 aliphatic heterocycles. The first kappa shape index (κ1) is 20.9. The van der Waals surface area contributed by atoms with Gasteiger partial charge in [0.15, 0.2) is 0 Å². The summed E-state index contributed by atoms with van der Waals surface area (Å²) in [5.41, 5.74) is 5.28. The molecule has 2 amide bonds. The largest absolute Gasteiger partial charge is 0.378 e. The van der Waals surface area contributed by atoms with Crippen LogP contribution in [0.15, 0.2) is 42.5 Å². The molecule has 154 valence electrons. The fraction of sp³-hybridized carbons (Fsp3) is 0.391. The van der Waals surface area contributed by atoms with E-state index in [0.29, 0.717) is 12.2 Å². The van der Waals surface area contributed by atoms with Crippen LogP contribution < -0.4 is 15.5 Å². The molecule has 0 unspecified atom stereocenters. The number of carbonyl (C=O) groups is 2. The molecule has 0 aliphatic carbocycles. The van der Waals surface area contributed by atoms with E-state index in [2.05, 4.69) is 39.8 Å². The van der Waals surface area contributed by atoms with Crippen LogP contribution >= 0.6 is 0 Å². The summed E-state index contributed by atoms with van der Waals surface area (Å²) in [6, 6.07) is 14.1. The predicted octanol–water partition coefficient (Wildman–Crippen LogP) is 2.83. The van der Waals surface area contributed by atoms with Gasteiger partial charge in [0, 0.05) is 31.0 Å². The van der Waals surface area contributed by atoms with E-state index in [1.807, 2.05) is 26.0 Å². The number of morpholine rings is 1. The zero-order valence-electron chi connectivity index (χ0n) is 17.2. The second-order valence-electron chi connectivity index (χ2n) is 7.38. The molecular formula is C23H29N3O3. The van der Waals surface area contributed by atoms with Crippen molar-refractivity contribution in [3.63, 3.8) is 0 Å². The molecule has 2 N–H and O–H groups in total. The van der Waals surface area contributed by atoms with Crippen LogP contribution in [-0.2, 0) is 20.7 Å². The van der Waals surface area contributed by atoms with Crippen molar-refractivity contribution >= 4 is 23.2 Å². The summed E-state index contributed by atoms with van der Waals surface area (Å²) in [6.07, 6.45) is 1.63. The van der Waals surface area contributed by atoms with Gasteiger partial charge >= 0.3 is 11.8 Å². The number of anilines is 2. The van der Waals surface area contributed by atoms with Crippen molar-refractivity contribution in [3.8, 4) is 0 Å². The number of nitrogens with zero attached hydrogens (tertiary/aromatic N) is 1. The molecule has 29 heavy (non-hydrogen) atoms. The fourth-order valence-corrected chi connectivity index (χ4v) is 3.28. The van der Waals surface area contributed by atoms with E-state index in [1.165, 1.54) is 11.3 Å². The molecule has 1 aliphatic rings. The average molecular weight is 396 g/mol. The third-order valence-corrected chi connectivity index (χ3v) is 5.21. The number of hydrogen-bond donors (Lipinski definition) is 2. The second-order valence-corrected chi connectivity index (χ2v) is 7.38. The van der Waals surface area contributed by atoms with Gasteiger partial charge in [0.1, 0.15) is 0 Å². The van der Waals surface area contributed by atoms with Crippen LogP contribution in [-0.4, -0.2) is 44.7 Å². The minimum atomic E-state index is -0.636. The van der Waals surface area contributed by atoms with Crippen LogP contribution in [0.1, 0.15) is 23.1 Å². The van der Waals surface area contributed by atoms with Gasteiger partial charge < -0.3 is 20.3 Å². The summed E-state index contributed by atoms with van der Waals surface area (Å²) < 4.78 is 5.38. The number of amides is 2. The normalized spacial score (nSPS) is 13.8. The lowest BCUT2D eigenvalue weighted by Gasteiger charge is -2.28. The minimum Gasteiger partial charge on any atom is -0.378 e. The monoisotopic (exact) mass is 395 g/mol. The van der Waals surface area contributed by atoms with Gasteiger partial charge in [-0.2, -0.15) is 0 Å². The van der Waals surface area contributed by atoms with Crippen molar-refractivity contribution in [1.29, 1.82) is 0 Å². The van der Waals surface area contributed by atoms with Crippen LogP contribution in [0.5, 0.6) is 0 Å². The number of hydrogen-bond acceptors (Lipinski definition) is 4. The second kappa shape index (κ2) is 10.1. The Morgan fingerprint density at radius 3 is 2.38 bits per heavy atom. The van der Waals surface area contributed by atoms with Gasteiger partial charge in [-0.05, 0) is 67.6 Å². The van der Waals surface area contributed by atoms with E-state index in [4.69, 9.17) is 4.74 Å². The van der Waals surface area contributed by atoms with Gasteiger partial charge in [0.05, 0.1) is 13.2 Å². The smallest absolute Gasteiger partial charge is 0.313 e. The molecule has 6 heteroatoms.